The zero-order valence-corrected chi connectivity index (χ0v) is 11.5. The number of carbonyl (C=O) groups is 2. The van der Waals surface area contributed by atoms with Crippen LogP contribution in [0, 0.1) is 5.92 Å². The summed E-state index contributed by atoms with van der Waals surface area (Å²) in [5.74, 6) is -0.358. The highest BCUT2D eigenvalue weighted by molar-refractivity contribution is 6.01. The van der Waals surface area contributed by atoms with E-state index >= 15 is 0 Å². The molecule has 1 fully saturated rings. The molecular formula is C13H24N2O3. The Morgan fingerprint density at radius 3 is 2.67 bits per heavy atom. The van der Waals surface area contributed by atoms with Crippen LogP contribution >= 0.6 is 0 Å². The van der Waals surface area contributed by atoms with E-state index in [-0.39, 0.29) is 18.6 Å². The lowest BCUT2D eigenvalue weighted by molar-refractivity contribution is -0.151. The molecule has 5 nitrogen and oxygen atoms in total. The predicted molar refractivity (Wildman–Crippen MR) is 68.8 cm³/mol. The lowest BCUT2D eigenvalue weighted by atomic mass is 9.86. The average Bonchev–Trinajstić information content (AvgIpc) is 2.36. The summed E-state index contributed by atoms with van der Waals surface area (Å²) < 4.78 is 4.77. The van der Waals surface area contributed by atoms with Gasteiger partial charge in [0.2, 0.25) is 0 Å². The highest BCUT2D eigenvalue weighted by Gasteiger charge is 2.31. The van der Waals surface area contributed by atoms with Gasteiger partial charge in [-0.1, -0.05) is 19.8 Å². The Hall–Kier alpha value is -1.10. The van der Waals surface area contributed by atoms with Gasteiger partial charge in [-0.3, -0.25) is 4.79 Å². The number of hydrogen-bond acceptors (Lipinski definition) is 4. The Kier molecular flexibility index (Phi) is 5.59. The molecule has 0 spiro atoms. The first-order valence-corrected chi connectivity index (χ1v) is 6.66. The summed E-state index contributed by atoms with van der Waals surface area (Å²) in [6.45, 7) is 4.13. The predicted octanol–water partition coefficient (Wildman–Crippen LogP) is 0.914. The monoisotopic (exact) mass is 256 g/mol. The van der Waals surface area contributed by atoms with Gasteiger partial charge in [0.1, 0.15) is 0 Å². The molecule has 0 saturated heterocycles. The number of ether oxygens (including phenoxy) is 1. The second-order valence-corrected chi connectivity index (χ2v) is 5.10. The molecule has 3 unspecified atom stereocenters. The molecular weight excluding hydrogens is 232 g/mol. The number of likely N-dealkylation sites (N-methyl/N-ethyl adjacent to an activating group) is 1. The second-order valence-electron chi connectivity index (χ2n) is 5.10. The number of esters is 1. The third kappa shape index (κ3) is 3.70. The van der Waals surface area contributed by atoms with Crippen molar-refractivity contribution in [3.63, 3.8) is 0 Å². The van der Waals surface area contributed by atoms with E-state index in [1.807, 2.05) is 0 Å². The minimum Gasteiger partial charge on any atom is -0.464 e. The van der Waals surface area contributed by atoms with E-state index in [0.717, 1.165) is 19.3 Å². The molecule has 2 N–H and O–H groups in total. The fourth-order valence-electron chi connectivity index (χ4n) is 2.49. The minimum absolute atomic E-state index is 0.196. The molecule has 0 bridgehead atoms. The summed E-state index contributed by atoms with van der Waals surface area (Å²) in [5.41, 5.74) is 5.62. The topological polar surface area (TPSA) is 72.6 Å². The van der Waals surface area contributed by atoms with Crippen LogP contribution in [0.15, 0.2) is 0 Å². The molecule has 0 aromatic carbocycles. The fraction of sp³-hybridized carbons (Fsp3) is 0.846. The number of rotatable bonds is 4. The van der Waals surface area contributed by atoms with E-state index in [0.29, 0.717) is 5.92 Å². The number of nitrogens with two attached hydrogens (primary N) is 1. The van der Waals surface area contributed by atoms with Crippen molar-refractivity contribution in [1.29, 1.82) is 0 Å². The number of carbonyl (C=O) groups excluding carboxylic acids is 2. The summed E-state index contributed by atoms with van der Waals surface area (Å²) in [6, 6.07) is -0.992. The minimum atomic E-state index is -1.19. The first-order valence-electron chi connectivity index (χ1n) is 6.66. The highest BCUT2D eigenvalue weighted by atomic mass is 16.5. The molecule has 3 atom stereocenters. The van der Waals surface area contributed by atoms with Gasteiger partial charge in [-0.25, -0.2) is 4.79 Å². The lowest BCUT2D eigenvalue weighted by Gasteiger charge is -2.35. The van der Waals surface area contributed by atoms with Gasteiger partial charge >= 0.3 is 5.97 Å². The highest BCUT2D eigenvalue weighted by Crippen LogP contribution is 2.26. The summed E-state index contributed by atoms with van der Waals surface area (Å²) in [4.78, 5) is 25.1. The van der Waals surface area contributed by atoms with Crippen LogP contribution in [-0.2, 0) is 14.3 Å². The number of hydrogen-bond donors (Lipinski definition) is 1. The van der Waals surface area contributed by atoms with Gasteiger partial charge in [0.25, 0.3) is 5.91 Å². The Labute approximate surface area is 109 Å². The van der Waals surface area contributed by atoms with Crippen molar-refractivity contribution in [2.45, 2.75) is 51.6 Å². The normalized spacial score (nSPS) is 25.3. The summed E-state index contributed by atoms with van der Waals surface area (Å²) in [7, 11) is 1.73. The smallest absolute Gasteiger partial charge is 0.332 e. The summed E-state index contributed by atoms with van der Waals surface area (Å²) in [6.07, 6.45) is 4.31. The van der Waals surface area contributed by atoms with Crippen LogP contribution in [0.3, 0.4) is 0 Å². The van der Waals surface area contributed by atoms with Crippen LogP contribution in [0.25, 0.3) is 0 Å². The molecule has 5 heteroatoms. The van der Waals surface area contributed by atoms with Crippen LogP contribution in [-0.4, -0.2) is 42.5 Å². The number of nitrogens with zero attached hydrogens (tertiary/aromatic N) is 1. The molecule has 0 aliphatic heterocycles. The molecule has 18 heavy (non-hydrogen) atoms. The van der Waals surface area contributed by atoms with Crippen molar-refractivity contribution in [3.05, 3.63) is 0 Å². The molecule has 104 valence electrons. The quantitative estimate of drug-likeness (QED) is 0.599. The van der Waals surface area contributed by atoms with E-state index in [2.05, 4.69) is 6.92 Å². The Balaban J connectivity index is 2.56. The first-order chi connectivity index (χ1) is 8.47. The second kappa shape index (κ2) is 6.73. The third-order valence-electron chi connectivity index (χ3n) is 3.61. The van der Waals surface area contributed by atoms with Crippen LogP contribution in [0.5, 0.6) is 0 Å². The van der Waals surface area contributed by atoms with Gasteiger partial charge in [0.05, 0.1) is 6.61 Å². The maximum atomic E-state index is 12.1. The van der Waals surface area contributed by atoms with Gasteiger partial charge in [-0.15, -0.1) is 0 Å². The molecule has 1 aliphatic carbocycles. The van der Waals surface area contributed by atoms with E-state index in [4.69, 9.17) is 10.5 Å². The largest absolute Gasteiger partial charge is 0.464 e. The zero-order chi connectivity index (χ0) is 13.7. The average molecular weight is 256 g/mol. The van der Waals surface area contributed by atoms with Crippen LogP contribution in [0.1, 0.15) is 39.5 Å². The molecule has 0 aromatic heterocycles. The van der Waals surface area contributed by atoms with Crippen molar-refractivity contribution in [2.75, 3.05) is 13.7 Å². The van der Waals surface area contributed by atoms with Crippen molar-refractivity contribution in [3.8, 4) is 0 Å². The molecule has 0 radical (unpaired) electrons. The Morgan fingerprint density at radius 2 is 2.11 bits per heavy atom. The van der Waals surface area contributed by atoms with Crippen LogP contribution < -0.4 is 5.73 Å². The van der Waals surface area contributed by atoms with Gasteiger partial charge in [-0.05, 0) is 25.7 Å². The molecule has 1 amide bonds. The van der Waals surface area contributed by atoms with Gasteiger partial charge in [0.15, 0.2) is 6.04 Å². The van der Waals surface area contributed by atoms with Crippen molar-refractivity contribution in [1.82, 2.24) is 4.90 Å². The molecule has 0 heterocycles. The van der Waals surface area contributed by atoms with Crippen molar-refractivity contribution in [2.24, 2.45) is 11.7 Å². The first kappa shape index (κ1) is 15.0. The van der Waals surface area contributed by atoms with Gasteiger partial charge in [0, 0.05) is 13.1 Å². The molecule has 1 aliphatic rings. The molecule has 1 saturated carbocycles. The summed E-state index contributed by atoms with van der Waals surface area (Å²) >= 11 is 0. The Morgan fingerprint density at radius 1 is 1.44 bits per heavy atom. The standard InChI is InChI=1S/C13H24N2O3/c1-4-18-13(17)11(14)12(16)15(3)10-7-5-6-9(2)8-10/h9-11H,4-8,14H2,1-3H3. The van der Waals surface area contributed by atoms with Gasteiger partial charge < -0.3 is 15.4 Å². The van der Waals surface area contributed by atoms with Crippen LogP contribution in [0.4, 0.5) is 0 Å². The van der Waals surface area contributed by atoms with Crippen LogP contribution in [0.2, 0.25) is 0 Å². The Bertz CT molecular complexity index is 307. The van der Waals surface area contributed by atoms with E-state index < -0.39 is 12.0 Å². The number of amides is 1. The van der Waals surface area contributed by atoms with E-state index in [9.17, 15) is 9.59 Å². The molecule has 1 rings (SSSR count). The van der Waals surface area contributed by atoms with E-state index in [1.54, 1.807) is 18.9 Å². The fourth-order valence-corrected chi connectivity index (χ4v) is 2.49. The summed E-state index contributed by atoms with van der Waals surface area (Å²) in [5, 5.41) is 0. The maximum Gasteiger partial charge on any atom is 0.332 e. The van der Waals surface area contributed by atoms with Gasteiger partial charge in [-0.2, -0.15) is 0 Å². The van der Waals surface area contributed by atoms with Crippen molar-refractivity contribution < 1.29 is 14.3 Å². The SMILES string of the molecule is CCOC(=O)C(N)C(=O)N(C)C1CCCC(C)C1. The zero-order valence-electron chi connectivity index (χ0n) is 11.5. The molecule has 0 aromatic rings. The maximum absolute atomic E-state index is 12.1. The lowest BCUT2D eigenvalue weighted by Crippen LogP contribution is -2.51. The van der Waals surface area contributed by atoms with Crippen molar-refractivity contribution >= 4 is 11.9 Å². The van der Waals surface area contributed by atoms with E-state index in [1.165, 1.54) is 6.42 Å². The third-order valence-corrected chi connectivity index (χ3v) is 3.61.